The maximum absolute atomic E-state index is 12.4. The lowest BCUT2D eigenvalue weighted by Crippen LogP contribution is -2.87. The topological polar surface area (TPSA) is 72.0 Å². The number of carbonyl (C=O) groups excluding carboxylic acids is 2. The number of hydrogen-bond acceptors (Lipinski definition) is 4. The smallest absolute Gasteiger partial charge is 0.341 e. The van der Waals surface area contributed by atoms with E-state index in [4.69, 9.17) is 4.74 Å². The van der Waals surface area contributed by atoms with Crippen LogP contribution in [0.3, 0.4) is 0 Å². The summed E-state index contributed by atoms with van der Waals surface area (Å²) >= 11 is 1.35. The van der Waals surface area contributed by atoms with Crippen molar-refractivity contribution in [3.8, 4) is 11.1 Å². The second-order valence-corrected chi connectivity index (χ2v) is 6.99. The van der Waals surface area contributed by atoms with Gasteiger partial charge in [0.2, 0.25) is 0 Å². The summed E-state index contributed by atoms with van der Waals surface area (Å²) < 4.78 is 5.19. The highest BCUT2D eigenvalue weighted by molar-refractivity contribution is 7.15. The summed E-state index contributed by atoms with van der Waals surface area (Å²) in [4.78, 5) is 24.6. The Hall–Kier alpha value is -2.18. The zero-order chi connectivity index (χ0) is 18.2. The van der Waals surface area contributed by atoms with Crippen LogP contribution in [0.1, 0.15) is 31.1 Å². The van der Waals surface area contributed by atoms with E-state index in [-0.39, 0.29) is 5.91 Å². The van der Waals surface area contributed by atoms with Crippen LogP contribution in [0.4, 0.5) is 5.00 Å². The van der Waals surface area contributed by atoms with E-state index in [1.165, 1.54) is 11.3 Å². The molecular formula is C19H25N2O3S+. The van der Waals surface area contributed by atoms with E-state index in [1.54, 1.807) is 6.92 Å². The van der Waals surface area contributed by atoms with Crippen LogP contribution in [-0.4, -0.2) is 31.6 Å². The molecule has 0 radical (unpaired) electrons. The number of nitrogens with two attached hydrogens (primary N) is 1. The highest BCUT2D eigenvalue weighted by Crippen LogP contribution is 2.36. The maximum Gasteiger partial charge on any atom is 0.341 e. The van der Waals surface area contributed by atoms with Crippen molar-refractivity contribution in [3.05, 3.63) is 41.3 Å². The molecule has 0 saturated carbocycles. The number of nitrogens with one attached hydrogen (secondary N) is 1. The zero-order valence-corrected chi connectivity index (χ0v) is 15.7. The molecule has 0 aliphatic rings. The first-order chi connectivity index (χ1) is 12.0. The number of amides is 1. The van der Waals surface area contributed by atoms with Gasteiger partial charge in [-0.05, 0) is 12.5 Å². The molecule has 5 nitrogen and oxygen atoms in total. The normalized spacial score (nSPS) is 10.7. The van der Waals surface area contributed by atoms with Crippen LogP contribution in [0, 0.1) is 5.92 Å². The Morgan fingerprint density at radius 3 is 2.60 bits per heavy atom. The quantitative estimate of drug-likeness (QED) is 0.710. The summed E-state index contributed by atoms with van der Waals surface area (Å²) in [5.74, 6) is -0.00830. The molecule has 0 aliphatic carbocycles. The molecule has 25 heavy (non-hydrogen) atoms. The van der Waals surface area contributed by atoms with Crippen molar-refractivity contribution in [1.82, 2.24) is 0 Å². The number of anilines is 1. The van der Waals surface area contributed by atoms with Gasteiger partial charge in [-0.1, -0.05) is 44.2 Å². The molecule has 2 rings (SSSR count). The van der Waals surface area contributed by atoms with Gasteiger partial charge in [-0.2, -0.15) is 0 Å². The van der Waals surface area contributed by atoms with Gasteiger partial charge >= 0.3 is 5.97 Å². The van der Waals surface area contributed by atoms with Crippen molar-refractivity contribution in [2.24, 2.45) is 5.92 Å². The van der Waals surface area contributed by atoms with E-state index in [9.17, 15) is 9.59 Å². The Balaban J connectivity index is 2.21. The second-order valence-electron chi connectivity index (χ2n) is 6.11. The fraction of sp³-hybridized carbons (Fsp3) is 0.368. The highest BCUT2D eigenvalue weighted by Gasteiger charge is 2.23. The molecule has 0 atom stereocenters. The third-order valence-electron chi connectivity index (χ3n) is 3.58. The van der Waals surface area contributed by atoms with E-state index in [0.29, 0.717) is 29.6 Å². The second kappa shape index (κ2) is 9.34. The first kappa shape index (κ1) is 19.1. The summed E-state index contributed by atoms with van der Waals surface area (Å²) in [7, 11) is 0. The number of quaternary nitrogens is 1. The Morgan fingerprint density at radius 2 is 1.96 bits per heavy atom. The number of thiophene rings is 1. The van der Waals surface area contributed by atoms with Gasteiger partial charge in [0.1, 0.15) is 10.6 Å². The number of hydrogen-bond donors (Lipinski definition) is 2. The summed E-state index contributed by atoms with van der Waals surface area (Å²) in [5, 5.41) is 7.26. The molecule has 0 bridgehead atoms. The van der Waals surface area contributed by atoms with Crippen LogP contribution in [-0.2, 0) is 9.53 Å². The van der Waals surface area contributed by atoms with Crippen LogP contribution in [0.2, 0.25) is 0 Å². The molecule has 6 heteroatoms. The SMILES string of the molecule is CCOC(=O)c1c(-c2ccccc2)csc1NC(=O)C[NH2+]CC(C)C. The molecule has 1 aromatic carbocycles. The third kappa shape index (κ3) is 5.41. The van der Waals surface area contributed by atoms with Crippen molar-refractivity contribution in [3.63, 3.8) is 0 Å². The number of carbonyl (C=O) groups is 2. The lowest BCUT2D eigenvalue weighted by molar-refractivity contribution is -0.648. The van der Waals surface area contributed by atoms with E-state index in [2.05, 4.69) is 19.2 Å². The maximum atomic E-state index is 12.4. The Bertz CT molecular complexity index is 711. The number of benzene rings is 1. The van der Waals surface area contributed by atoms with E-state index in [1.807, 2.05) is 41.0 Å². The van der Waals surface area contributed by atoms with Gasteiger partial charge in [0.05, 0.1) is 13.2 Å². The summed E-state index contributed by atoms with van der Waals surface area (Å²) in [5.41, 5.74) is 2.13. The van der Waals surface area contributed by atoms with Crippen molar-refractivity contribution in [2.75, 3.05) is 25.0 Å². The Kier molecular flexibility index (Phi) is 7.16. The van der Waals surface area contributed by atoms with Crippen LogP contribution in [0.25, 0.3) is 11.1 Å². The van der Waals surface area contributed by atoms with Gasteiger partial charge in [0, 0.05) is 16.9 Å². The molecule has 0 saturated heterocycles. The highest BCUT2D eigenvalue weighted by atomic mass is 32.1. The molecule has 2 aromatic rings. The Morgan fingerprint density at radius 1 is 1.24 bits per heavy atom. The van der Waals surface area contributed by atoms with E-state index in [0.717, 1.165) is 17.7 Å². The van der Waals surface area contributed by atoms with Crippen molar-refractivity contribution < 1.29 is 19.6 Å². The minimum Gasteiger partial charge on any atom is -0.462 e. The molecule has 0 spiro atoms. The van der Waals surface area contributed by atoms with Crippen molar-refractivity contribution >= 4 is 28.2 Å². The molecule has 0 fully saturated rings. The largest absolute Gasteiger partial charge is 0.462 e. The number of ether oxygens (including phenoxy) is 1. The average Bonchev–Trinajstić information content (AvgIpc) is 2.99. The minimum absolute atomic E-state index is 0.118. The number of rotatable bonds is 8. The lowest BCUT2D eigenvalue weighted by Gasteiger charge is -2.09. The van der Waals surface area contributed by atoms with E-state index < -0.39 is 5.97 Å². The van der Waals surface area contributed by atoms with Gasteiger partial charge in [-0.25, -0.2) is 4.79 Å². The average molecular weight is 361 g/mol. The summed E-state index contributed by atoms with van der Waals surface area (Å²) in [6.45, 7) is 7.50. The Labute approximate surface area is 152 Å². The lowest BCUT2D eigenvalue weighted by atomic mass is 10.0. The van der Waals surface area contributed by atoms with Gasteiger partial charge in [0.15, 0.2) is 6.54 Å². The molecular weight excluding hydrogens is 336 g/mol. The molecule has 1 heterocycles. The summed E-state index contributed by atoms with van der Waals surface area (Å²) in [6.07, 6.45) is 0. The predicted octanol–water partition coefficient (Wildman–Crippen LogP) is 2.75. The van der Waals surface area contributed by atoms with Gasteiger partial charge in [0.25, 0.3) is 5.91 Å². The first-order valence-electron chi connectivity index (χ1n) is 8.48. The molecule has 0 aliphatic heterocycles. The minimum atomic E-state index is -0.413. The summed E-state index contributed by atoms with van der Waals surface area (Å²) in [6, 6.07) is 9.63. The molecule has 1 amide bonds. The zero-order valence-electron chi connectivity index (χ0n) is 14.9. The first-order valence-corrected chi connectivity index (χ1v) is 9.36. The monoisotopic (exact) mass is 361 g/mol. The number of esters is 1. The van der Waals surface area contributed by atoms with Crippen molar-refractivity contribution in [1.29, 1.82) is 0 Å². The van der Waals surface area contributed by atoms with Gasteiger partial charge < -0.3 is 15.4 Å². The van der Waals surface area contributed by atoms with Crippen LogP contribution in [0.15, 0.2) is 35.7 Å². The van der Waals surface area contributed by atoms with Crippen LogP contribution in [0.5, 0.6) is 0 Å². The molecule has 134 valence electrons. The van der Waals surface area contributed by atoms with Crippen molar-refractivity contribution in [2.45, 2.75) is 20.8 Å². The predicted molar refractivity (Wildman–Crippen MR) is 101 cm³/mol. The third-order valence-corrected chi connectivity index (χ3v) is 4.47. The van der Waals surface area contributed by atoms with Gasteiger partial charge in [-0.3, -0.25) is 4.79 Å². The fourth-order valence-corrected chi connectivity index (χ4v) is 3.38. The fourth-order valence-electron chi connectivity index (χ4n) is 2.41. The van der Waals surface area contributed by atoms with Crippen LogP contribution < -0.4 is 10.6 Å². The molecule has 1 aromatic heterocycles. The molecule has 0 unspecified atom stereocenters. The molecule has 3 N–H and O–H groups in total. The van der Waals surface area contributed by atoms with Crippen LogP contribution >= 0.6 is 11.3 Å². The van der Waals surface area contributed by atoms with Gasteiger partial charge in [-0.15, -0.1) is 11.3 Å². The van der Waals surface area contributed by atoms with E-state index >= 15 is 0 Å². The standard InChI is InChI=1S/C19H24N2O3S/c1-4-24-19(23)17-15(14-8-6-5-7-9-14)12-25-18(17)21-16(22)11-20-10-13(2)3/h5-9,12-13,20H,4,10-11H2,1-3H3,(H,21,22)/p+1.